The quantitative estimate of drug-likeness (QED) is 0.456. The van der Waals surface area contributed by atoms with Gasteiger partial charge in [0.05, 0.1) is 29.9 Å². The van der Waals surface area contributed by atoms with Gasteiger partial charge in [-0.2, -0.15) is 9.97 Å². The molecule has 47 heavy (non-hydrogen) atoms. The molecule has 7 rings (SSSR count). The number of benzene rings is 1. The fraction of sp³-hybridized carbons (Fsp3) is 0.588. The van der Waals surface area contributed by atoms with Crippen LogP contribution in [-0.4, -0.2) is 108 Å². The minimum Gasteiger partial charge on any atom is -0.461 e. The highest BCUT2D eigenvalue weighted by Crippen LogP contribution is 2.49. The van der Waals surface area contributed by atoms with Gasteiger partial charge in [-0.1, -0.05) is 23.7 Å². The Kier molecular flexibility index (Phi) is 8.51. The van der Waals surface area contributed by atoms with Crippen molar-refractivity contribution in [2.24, 2.45) is 0 Å². The lowest BCUT2D eigenvalue weighted by molar-refractivity contribution is -0.605. The SMILES string of the molecule is CN(C)C(=O)C(=N)/C(Cl)=C1/CN(c2nc(OC[C@@]34CCCN3C[C@H](F)C4)nc3c2CN(C)[C@@]2(CCc4cccc(F)c42)C3)CCC[NH2+]1. The third-order valence-corrected chi connectivity index (χ3v) is 11.5. The summed E-state index contributed by atoms with van der Waals surface area (Å²) in [6, 6.07) is 5.60. The zero-order valence-electron chi connectivity index (χ0n) is 27.4. The van der Waals surface area contributed by atoms with Gasteiger partial charge >= 0.3 is 6.01 Å². The molecule has 3 fully saturated rings. The number of nitrogens with zero attached hydrogens (tertiary/aromatic N) is 6. The number of carbonyl (C=O) groups excluding carboxylic acids is 1. The molecule has 1 aromatic heterocycles. The maximum absolute atomic E-state index is 15.5. The highest BCUT2D eigenvalue weighted by Gasteiger charge is 2.50. The molecule has 3 saturated heterocycles. The molecule has 3 N–H and O–H groups in total. The van der Waals surface area contributed by atoms with Gasteiger partial charge in [0.25, 0.3) is 5.91 Å². The Hall–Kier alpha value is -3.19. The number of halogens is 3. The predicted octanol–water partition coefficient (Wildman–Crippen LogP) is 2.73. The van der Waals surface area contributed by atoms with Crippen LogP contribution in [-0.2, 0) is 29.7 Å². The minimum atomic E-state index is -0.868. The number of anilines is 1. The van der Waals surface area contributed by atoms with Crippen LogP contribution in [0.4, 0.5) is 14.6 Å². The average molecular weight is 670 g/mol. The lowest BCUT2D eigenvalue weighted by atomic mass is 9.80. The van der Waals surface area contributed by atoms with Gasteiger partial charge in [-0.25, -0.2) is 8.78 Å². The van der Waals surface area contributed by atoms with Gasteiger partial charge < -0.3 is 19.9 Å². The van der Waals surface area contributed by atoms with Gasteiger partial charge in [0.15, 0.2) is 0 Å². The van der Waals surface area contributed by atoms with Crippen molar-refractivity contribution in [2.45, 2.75) is 68.7 Å². The topological polar surface area (TPSA) is 106 Å². The van der Waals surface area contributed by atoms with Crippen LogP contribution in [0.25, 0.3) is 0 Å². The van der Waals surface area contributed by atoms with Crippen molar-refractivity contribution in [1.29, 1.82) is 5.41 Å². The van der Waals surface area contributed by atoms with Gasteiger partial charge in [0.1, 0.15) is 40.9 Å². The first kappa shape index (κ1) is 32.4. The van der Waals surface area contributed by atoms with Crippen LogP contribution >= 0.6 is 11.6 Å². The Morgan fingerprint density at radius 1 is 1.21 bits per heavy atom. The van der Waals surface area contributed by atoms with E-state index in [9.17, 15) is 9.18 Å². The molecule has 0 bridgehead atoms. The molecule has 5 aliphatic rings. The third-order valence-electron chi connectivity index (χ3n) is 11.0. The van der Waals surface area contributed by atoms with Crippen LogP contribution in [0, 0.1) is 11.2 Å². The van der Waals surface area contributed by atoms with E-state index >= 15 is 4.39 Å². The van der Waals surface area contributed by atoms with Gasteiger partial charge in [0.2, 0.25) is 0 Å². The Labute approximate surface area is 279 Å². The van der Waals surface area contributed by atoms with Crippen LogP contribution in [0.1, 0.15) is 54.5 Å². The summed E-state index contributed by atoms with van der Waals surface area (Å²) < 4.78 is 36.5. The van der Waals surface area contributed by atoms with Crippen LogP contribution in [0.5, 0.6) is 6.01 Å². The Morgan fingerprint density at radius 2 is 2.04 bits per heavy atom. The van der Waals surface area contributed by atoms with Gasteiger partial charge in [-0.3, -0.25) is 20.0 Å². The molecule has 10 nitrogen and oxygen atoms in total. The molecule has 4 aliphatic heterocycles. The number of alkyl halides is 1. The number of quaternary nitrogens is 1. The lowest BCUT2D eigenvalue weighted by Gasteiger charge is -2.44. The molecule has 13 heteroatoms. The number of hydrogen-bond acceptors (Lipinski definition) is 8. The number of likely N-dealkylation sites (N-methyl/N-ethyl adjacent to an activating group) is 1. The van der Waals surface area contributed by atoms with Crippen molar-refractivity contribution in [3.63, 3.8) is 0 Å². The number of fused-ring (bicyclic) bond motifs is 4. The molecule has 1 aliphatic carbocycles. The molecule has 1 spiro atoms. The summed E-state index contributed by atoms with van der Waals surface area (Å²) in [5, 5.41) is 10.6. The molecule has 1 aromatic carbocycles. The number of carbonyl (C=O) groups is 1. The first-order chi connectivity index (χ1) is 22.5. The molecule has 0 radical (unpaired) electrons. The summed E-state index contributed by atoms with van der Waals surface area (Å²) in [5.41, 5.74) is 3.14. The van der Waals surface area contributed by atoms with Crippen molar-refractivity contribution in [3.05, 3.63) is 57.1 Å². The second-order valence-electron chi connectivity index (χ2n) is 14.1. The molecule has 2 aromatic rings. The zero-order valence-corrected chi connectivity index (χ0v) is 28.2. The number of aryl methyl sites for hydroxylation is 1. The highest BCUT2D eigenvalue weighted by atomic mass is 35.5. The van der Waals surface area contributed by atoms with E-state index in [4.69, 9.17) is 31.7 Å². The standard InChI is InChI=1S/C34H43ClF2N8O2/c1-42(2)31(46)29(38)28(35)26-19-44(13-6-12-39-26)30-23-18-43(3)34(11-9-21-7-4-8-24(37)27(21)34)16-25(23)40-32(41-30)47-20-33-10-5-14-45(33)17-22(36)15-33/h4,7-8,22,38-39H,5-6,9-20H2,1-3H3/p+1/b28-26+,38-29?/t22-,33+,34+/m1/s1. The predicted molar refractivity (Wildman–Crippen MR) is 175 cm³/mol. The average Bonchev–Trinajstić information content (AvgIpc) is 3.63. The number of nitrogens with two attached hydrogens (primary N) is 1. The summed E-state index contributed by atoms with van der Waals surface area (Å²) in [7, 11) is 5.25. The van der Waals surface area contributed by atoms with Crippen LogP contribution in [0.15, 0.2) is 28.9 Å². The number of hydrogen-bond donors (Lipinski definition) is 2. The first-order valence-electron chi connectivity index (χ1n) is 16.7. The summed E-state index contributed by atoms with van der Waals surface area (Å²) in [6.45, 7) is 3.90. The summed E-state index contributed by atoms with van der Waals surface area (Å²) in [6.07, 6.45) is 4.38. The number of ether oxygens (including phenoxy) is 1. The van der Waals surface area contributed by atoms with E-state index in [-0.39, 0.29) is 28.1 Å². The Bertz CT molecular complexity index is 1640. The molecule has 0 saturated carbocycles. The Balaban J connectivity index is 1.28. The van der Waals surface area contributed by atoms with E-state index in [1.807, 2.05) is 18.4 Å². The Morgan fingerprint density at radius 3 is 2.85 bits per heavy atom. The van der Waals surface area contributed by atoms with E-state index in [1.165, 1.54) is 4.90 Å². The van der Waals surface area contributed by atoms with Crippen molar-refractivity contribution < 1.29 is 23.6 Å². The molecular formula is C34H44ClF2N8O2+. The monoisotopic (exact) mass is 669 g/mol. The van der Waals surface area contributed by atoms with Gasteiger partial charge in [0, 0.05) is 64.1 Å². The molecule has 3 atom stereocenters. The number of nitrogens with one attached hydrogen (secondary N) is 1. The van der Waals surface area contributed by atoms with Crippen molar-refractivity contribution in [1.82, 2.24) is 24.7 Å². The van der Waals surface area contributed by atoms with Crippen LogP contribution < -0.4 is 15.0 Å². The van der Waals surface area contributed by atoms with Gasteiger partial charge in [-0.05, 0) is 50.9 Å². The summed E-state index contributed by atoms with van der Waals surface area (Å²) in [5.74, 6) is 0.0722. The normalized spacial score (nSPS) is 28.6. The van der Waals surface area contributed by atoms with E-state index < -0.39 is 17.6 Å². The molecule has 5 heterocycles. The van der Waals surface area contributed by atoms with Gasteiger partial charge in [-0.15, -0.1) is 0 Å². The van der Waals surface area contributed by atoms with Crippen molar-refractivity contribution >= 4 is 29.0 Å². The number of amides is 1. The zero-order chi connectivity index (χ0) is 33.1. The molecule has 0 unspecified atom stereocenters. The summed E-state index contributed by atoms with van der Waals surface area (Å²) >= 11 is 6.72. The fourth-order valence-electron chi connectivity index (χ4n) is 8.63. The van der Waals surface area contributed by atoms with E-state index in [1.54, 1.807) is 26.2 Å². The highest BCUT2D eigenvalue weighted by molar-refractivity contribution is 6.58. The van der Waals surface area contributed by atoms with Crippen molar-refractivity contribution in [3.8, 4) is 6.01 Å². The second kappa shape index (κ2) is 12.4. The third kappa shape index (κ3) is 5.60. The molecular weight excluding hydrogens is 626 g/mol. The van der Waals surface area contributed by atoms with Crippen molar-refractivity contribution in [2.75, 3.05) is 65.4 Å². The second-order valence-corrected chi connectivity index (χ2v) is 14.5. The largest absolute Gasteiger partial charge is 0.461 e. The molecule has 1 amide bonds. The lowest BCUT2D eigenvalue weighted by Crippen LogP contribution is -2.83. The van der Waals surface area contributed by atoms with Crippen LogP contribution in [0.2, 0.25) is 0 Å². The van der Waals surface area contributed by atoms with E-state index in [0.29, 0.717) is 51.3 Å². The van der Waals surface area contributed by atoms with E-state index in [2.05, 4.69) is 14.7 Å². The fourth-order valence-corrected chi connectivity index (χ4v) is 8.84. The smallest absolute Gasteiger partial charge is 0.318 e. The first-order valence-corrected chi connectivity index (χ1v) is 17.1. The number of aromatic nitrogens is 2. The maximum atomic E-state index is 15.5. The van der Waals surface area contributed by atoms with Crippen LogP contribution in [0.3, 0.4) is 0 Å². The van der Waals surface area contributed by atoms with E-state index in [0.717, 1.165) is 73.4 Å². The number of rotatable bonds is 6. The minimum absolute atomic E-state index is 0.131. The molecule has 252 valence electrons. The maximum Gasteiger partial charge on any atom is 0.318 e. The summed E-state index contributed by atoms with van der Waals surface area (Å²) in [4.78, 5) is 30.6.